The molecule has 0 fully saturated rings. The molecular weight excluding hydrogens is 251 g/mol. The summed E-state index contributed by atoms with van der Waals surface area (Å²) < 4.78 is 44.6. The van der Waals surface area contributed by atoms with Crippen LogP contribution in [-0.2, 0) is 14.3 Å². The van der Waals surface area contributed by atoms with Gasteiger partial charge in [0.15, 0.2) is 0 Å². The van der Waals surface area contributed by atoms with E-state index in [0.29, 0.717) is 19.1 Å². The molecule has 0 unspecified atom stereocenters. The number of rotatable bonds is 9. The molecule has 108 valence electrons. The number of hydrogen-bond acceptors (Lipinski definition) is 3. The molecule has 0 saturated heterocycles. The van der Waals surface area contributed by atoms with Gasteiger partial charge in [0.05, 0.1) is 13.2 Å². The summed E-state index contributed by atoms with van der Waals surface area (Å²) in [6, 6.07) is 0. The zero-order chi connectivity index (χ0) is 14.0. The van der Waals surface area contributed by atoms with E-state index in [9.17, 15) is 18.0 Å². The molecule has 0 saturated carbocycles. The van der Waals surface area contributed by atoms with Gasteiger partial charge in [-0.15, -0.1) is 0 Å². The van der Waals surface area contributed by atoms with Crippen molar-refractivity contribution in [3.63, 3.8) is 0 Å². The number of alkyl halides is 3. The van der Waals surface area contributed by atoms with Crippen molar-refractivity contribution in [2.24, 2.45) is 5.92 Å². The highest BCUT2D eigenvalue weighted by molar-refractivity contribution is 5.75. The number of ether oxygens (including phenoxy) is 2. The number of amides is 1. The normalized spacial score (nSPS) is 11.9. The van der Waals surface area contributed by atoms with Crippen molar-refractivity contribution in [3.05, 3.63) is 0 Å². The predicted octanol–water partition coefficient (Wildman–Crippen LogP) is 1.74. The topological polar surface area (TPSA) is 47.6 Å². The lowest BCUT2D eigenvalue weighted by Crippen LogP contribution is -2.29. The first-order chi connectivity index (χ1) is 8.31. The highest BCUT2D eigenvalue weighted by Crippen LogP contribution is 2.13. The Morgan fingerprint density at radius 3 is 2.44 bits per heavy atom. The Balaban J connectivity index is 3.32. The number of halogens is 3. The van der Waals surface area contributed by atoms with Crippen molar-refractivity contribution in [1.82, 2.24) is 5.32 Å². The van der Waals surface area contributed by atoms with E-state index in [1.54, 1.807) is 0 Å². The molecule has 4 nitrogen and oxygen atoms in total. The summed E-state index contributed by atoms with van der Waals surface area (Å²) >= 11 is 0. The van der Waals surface area contributed by atoms with Crippen molar-refractivity contribution < 1.29 is 27.4 Å². The number of nitrogens with one attached hydrogen (secondary N) is 1. The first-order valence-electron chi connectivity index (χ1n) is 5.80. The fourth-order valence-corrected chi connectivity index (χ4v) is 1.02. The highest BCUT2D eigenvalue weighted by Gasteiger charge is 2.27. The molecule has 0 aromatic heterocycles. The molecule has 0 atom stereocenters. The van der Waals surface area contributed by atoms with E-state index in [1.807, 2.05) is 13.8 Å². The van der Waals surface area contributed by atoms with E-state index in [2.05, 4.69) is 10.1 Å². The van der Waals surface area contributed by atoms with Crippen molar-refractivity contribution in [2.75, 3.05) is 33.0 Å². The zero-order valence-corrected chi connectivity index (χ0v) is 10.7. The first-order valence-corrected chi connectivity index (χ1v) is 5.80. The minimum absolute atomic E-state index is 0.0685. The van der Waals surface area contributed by atoms with Gasteiger partial charge < -0.3 is 14.8 Å². The lowest BCUT2D eigenvalue weighted by molar-refractivity contribution is -0.173. The minimum atomic E-state index is -4.32. The SMILES string of the molecule is CC(C)COCCC(=O)NCCOCC(F)(F)F. The van der Waals surface area contributed by atoms with Crippen LogP contribution in [0.2, 0.25) is 0 Å². The Hall–Kier alpha value is -0.820. The monoisotopic (exact) mass is 271 g/mol. The molecule has 18 heavy (non-hydrogen) atoms. The Bertz CT molecular complexity index is 232. The van der Waals surface area contributed by atoms with Gasteiger partial charge in [-0.25, -0.2) is 0 Å². The van der Waals surface area contributed by atoms with Crippen LogP contribution < -0.4 is 5.32 Å². The third-order valence-electron chi connectivity index (χ3n) is 1.76. The predicted molar refractivity (Wildman–Crippen MR) is 60.2 cm³/mol. The van der Waals surface area contributed by atoms with Gasteiger partial charge in [-0.05, 0) is 5.92 Å². The van der Waals surface area contributed by atoms with Crippen molar-refractivity contribution >= 4 is 5.91 Å². The van der Waals surface area contributed by atoms with Crippen LogP contribution in [0.3, 0.4) is 0 Å². The minimum Gasteiger partial charge on any atom is -0.381 e. The van der Waals surface area contributed by atoms with Gasteiger partial charge in [0.2, 0.25) is 5.91 Å². The average Bonchev–Trinajstić information content (AvgIpc) is 2.22. The average molecular weight is 271 g/mol. The standard InChI is InChI=1S/C11H20F3NO3/c1-9(2)7-17-5-3-10(16)15-4-6-18-8-11(12,13)14/h9H,3-8H2,1-2H3,(H,15,16). The van der Waals surface area contributed by atoms with E-state index in [0.717, 1.165) is 0 Å². The number of hydrogen-bond donors (Lipinski definition) is 1. The van der Waals surface area contributed by atoms with E-state index >= 15 is 0 Å². The van der Waals surface area contributed by atoms with Crippen LogP contribution in [0.1, 0.15) is 20.3 Å². The zero-order valence-electron chi connectivity index (χ0n) is 10.7. The Morgan fingerprint density at radius 2 is 1.89 bits per heavy atom. The second-order valence-electron chi connectivity index (χ2n) is 4.24. The summed E-state index contributed by atoms with van der Waals surface area (Å²) in [6.45, 7) is 3.52. The van der Waals surface area contributed by atoms with Crippen LogP contribution in [0.4, 0.5) is 13.2 Å². The quantitative estimate of drug-likeness (QED) is 0.650. The first kappa shape index (κ1) is 17.2. The summed E-state index contributed by atoms with van der Waals surface area (Å²) in [4.78, 5) is 11.2. The molecule has 0 aliphatic heterocycles. The molecule has 0 aromatic carbocycles. The fraction of sp³-hybridized carbons (Fsp3) is 0.909. The Kier molecular flexibility index (Phi) is 8.74. The molecule has 1 amide bonds. The maximum atomic E-state index is 11.7. The lowest BCUT2D eigenvalue weighted by Gasteiger charge is -2.09. The van der Waals surface area contributed by atoms with Crippen LogP contribution >= 0.6 is 0 Å². The molecule has 0 heterocycles. The smallest absolute Gasteiger partial charge is 0.381 e. The Morgan fingerprint density at radius 1 is 1.22 bits per heavy atom. The van der Waals surface area contributed by atoms with E-state index < -0.39 is 12.8 Å². The summed E-state index contributed by atoms with van der Waals surface area (Å²) in [7, 11) is 0. The van der Waals surface area contributed by atoms with Crippen molar-refractivity contribution in [2.45, 2.75) is 26.4 Å². The largest absolute Gasteiger partial charge is 0.411 e. The van der Waals surface area contributed by atoms with Gasteiger partial charge in [0.25, 0.3) is 0 Å². The summed E-state index contributed by atoms with van der Waals surface area (Å²) in [5.74, 6) is 0.151. The second-order valence-corrected chi connectivity index (χ2v) is 4.24. The third kappa shape index (κ3) is 13.2. The van der Waals surface area contributed by atoms with Crippen molar-refractivity contribution in [3.8, 4) is 0 Å². The highest BCUT2D eigenvalue weighted by atomic mass is 19.4. The van der Waals surface area contributed by atoms with E-state index in [4.69, 9.17) is 4.74 Å². The van der Waals surface area contributed by atoms with Gasteiger partial charge in [0, 0.05) is 19.6 Å². The van der Waals surface area contributed by atoms with Gasteiger partial charge in [0.1, 0.15) is 6.61 Å². The van der Waals surface area contributed by atoms with Crippen LogP contribution in [0.25, 0.3) is 0 Å². The molecule has 0 aliphatic carbocycles. The van der Waals surface area contributed by atoms with Crippen molar-refractivity contribution in [1.29, 1.82) is 0 Å². The molecule has 0 aromatic rings. The fourth-order valence-electron chi connectivity index (χ4n) is 1.02. The lowest BCUT2D eigenvalue weighted by atomic mass is 10.2. The molecule has 0 rings (SSSR count). The van der Waals surface area contributed by atoms with Gasteiger partial charge >= 0.3 is 6.18 Å². The van der Waals surface area contributed by atoms with E-state index in [1.165, 1.54) is 0 Å². The number of carbonyl (C=O) groups excluding carboxylic acids is 1. The molecule has 0 spiro atoms. The van der Waals surface area contributed by atoms with Gasteiger partial charge in [-0.1, -0.05) is 13.8 Å². The Labute approximate surface area is 105 Å². The van der Waals surface area contributed by atoms with Gasteiger partial charge in [-0.2, -0.15) is 13.2 Å². The molecule has 7 heteroatoms. The van der Waals surface area contributed by atoms with Crippen LogP contribution in [-0.4, -0.2) is 45.1 Å². The molecule has 0 aliphatic rings. The summed E-state index contributed by atoms with van der Waals surface area (Å²) in [5, 5.41) is 2.45. The maximum Gasteiger partial charge on any atom is 0.411 e. The second kappa shape index (κ2) is 9.16. The van der Waals surface area contributed by atoms with Crippen LogP contribution in [0.15, 0.2) is 0 Å². The number of carbonyl (C=O) groups is 1. The van der Waals surface area contributed by atoms with Crippen LogP contribution in [0.5, 0.6) is 0 Å². The van der Waals surface area contributed by atoms with Crippen LogP contribution in [0, 0.1) is 5.92 Å². The summed E-state index contributed by atoms with van der Waals surface area (Å²) in [6.07, 6.45) is -4.12. The molecular formula is C11H20F3NO3. The van der Waals surface area contributed by atoms with Gasteiger partial charge in [-0.3, -0.25) is 4.79 Å². The molecule has 0 radical (unpaired) electrons. The third-order valence-corrected chi connectivity index (χ3v) is 1.76. The van der Waals surface area contributed by atoms with E-state index in [-0.39, 0.29) is 25.5 Å². The summed E-state index contributed by atoms with van der Waals surface area (Å²) in [5.41, 5.74) is 0. The molecule has 0 bridgehead atoms. The molecule has 1 N–H and O–H groups in total. The maximum absolute atomic E-state index is 11.7.